The van der Waals surface area contributed by atoms with Gasteiger partial charge < -0.3 is 15.1 Å². The maximum absolute atomic E-state index is 13.5. The number of furan rings is 1. The van der Waals surface area contributed by atoms with E-state index in [2.05, 4.69) is 15.6 Å². The summed E-state index contributed by atoms with van der Waals surface area (Å²) in [6.07, 6.45) is 2.84. The van der Waals surface area contributed by atoms with E-state index in [9.17, 15) is 8.78 Å². The van der Waals surface area contributed by atoms with Crippen LogP contribution in [0.1, 0.15) is 11.3 Å². The Morgan fingerprint density at radius 3 is 2.55 bits per heavy atom. The standard InChI is InChI=1S/C16H19F2N3O/c1-19-16(21-9-7-14-3-2-10-22-14)20-8-6-12-4-5-13(17)11-15(12)18/h2-5,10-11H,6-9H2,1H3,(H2,19,20,21). The molecule has 0 aliphatic rings. The van der Waals surface area contributed by atoms with Crippen molar-refractivity contribution in [3.05, 3.63) is 59.6 Å². The summed E-state index contributed by atoms with van der Waals surface area (Å²) in [5, 5.41) is 6.23. The van der Waals surface area contributed by atoms with Crippen molar-refractivity contribution in [2.75, 3.05) is 20.1 Å². The highest BCUT2D eigenvalue weighted by molar-refractivity contribution is 5.79. The van der Waals surface area contributed by atoms with Crippen LogP contribution in [0.4, 0.5) is 8.78 Å². The van der Waals surface area contributed by atoms with Gasteiger partial charge in [0.25, 0.3) is 0 Å². The van der Waals surface area contributed by atoms with Gasteiger partial charge in [0.1, 0.15) is 17.4 Å². The molecule has 22 heavy (non-hydrogen) atoms. The fourth-order valence-electron chi connectivity index (χ4n) is 2.02. The van der Waals surface area contributed by atoms with E-state index in [4.69, 9.17) is 4.42 Å². The smallest absolute Gasteiger partial charge is 0.191 e. The first-order chi connectivity index (χ1) is 10.7. The molecule has 0 saturated carbocycles. The molecule has 2 rings (SSSR count). The van der Waals surface area contributed by atoms with Gasteiger partial charge >= 0.3 is 0 Å². The average molecular weight is 307 g/mol. The average Bonchev–Trinajstić information content (AvgIpc) is 3.01. The lowest BCUT2D eigenvalue weighted by atomic mass is 10.1. The first-order valence-corrected chi connectivity index (χ1v) is 7.10. The number of halogens is 2. The maximum Gasteiger partial charge on any atom is 0.191 e. The third-order valence-electron chi connectivity index (χ3n) is 3.17. The number of nitrogens with zero attached hydrogens (tertiary/aromatic N) is 1. The van der Waals surface area contributed by atoms with Gasteiger partial charge in [0.15, 0.2) is 5.96 Å². The Kier molecular flexibility index (Phi) is 5.94. The Morgan fingerprint density at radius 2 is 1.91 bits per heavy atom. The third-order valence-corrected chi connectivity index (χ3v) is 3.17. The molecule has 0 fully saturated rings. The summed E-state index contributed by atoms with van der Waals surface area (Å²) in [6.45, 7) is 1.18. The van der Waals surface area contributed by atoms with Crippen LogP contribution >= 0.6 is 0 Å². The van der Waals surface area contributed by atoms with E-state index in [1.807, 2.05) is 12.1 Å². The highest BCUT2D eigenvalue weighted by Crippen LogP contribution is 2.09. The minimum Gasteiger partial charge on any atom is -0.469 e. The molecular formula is C16H19F2N3O. The van der Waals surface area contributed by atoms with Gasteiger partial charge in [-0.1, -0.05) is 6.07 Å². The lowest BCUT2D eigenvalue weighted by Gasteiger charge is -2.11. The van der Waals surface area contributed by atoms with E-state index in [0.29, 0.717) is 31.0 Å². The van der Waals surface area contributed by atoms with Crippen LogP contribution < -0.4 is 10.6 Å². The van der Waals surface area contributed by atoms with Crippen molar-refractivity contribution in [1.82, 2.24) is 10.6 Å². The predicted molar refractivity (Wildman–Crippen MR) is 81.8 cm³/mol. The Balaban J connectivity index is 1.72. The van der Waals surface area contributed by atoms with E-state index in [-0.39, 0.29) is 0 Å². The van der Waals surface area contributed by atoms with Gasteiger partial charge in [-0.15, -0.1) is 0 Å². The molecule has 2 aromatic rings. The van der Waals surface area contributed by atoms with Crippen LogP contribution in [0.15, 0.2) is 46.0 Å². The molecule has 2 N–H and O–H groups in total. The van der Waals surface area contributed by atoms with Crippen molar-refractivity contribution in [3.63, 3.8) is 0 Å². The second-order valence-corrected chi connectivity index (χ2v) is 4.74. The Morgan fingerprint density at radius 1 is 1.14 bits per heavy atom. The van der Waals surface area contributed by atoms with E-state index in [1.54, 1.807) is 13.3 Å². The molecule has 0 aliphatic heterocycles. The lowest BCUT2D eigenvalue weighted by molar-refractivity contribution is 0.506. The molecule has 0 aliphatic carbocycles. The summed E-state index contributed by atoms with van der Waals surface area (Å²) >= 11 is 0. The Labute approximate surface area is 128 Å². The molecule has 0 saturated heterocycles. The van der Waals surface area contributed by atoms with E-state index >= 15 is 0 Å². The van der Waals surface area contributed by atoms with Crippen LogP contribution in [0, 0.1) is 11.6 Å². The molecule has 1 aromatic heterocycles. The van der Waals surface area contributed by atoms with Crippen molar-refractivity contribution in [2.24, 2.45) is 4.99 Å². The quantitative estimate of drug-likeness (QED) is 0.637. The number of nitrogens with one attached hydrogen (secondary N) is 2. The molecule has 0 spiro atoms. The highest BCUT2D eigenvalue weighted by Gasteiger charge is 2.04. The van der Waals surface area contributed by atoms with Crippen LogP contribution in [0.5, 0.6) is 0 Å². The van der Waals surface area contributed by atoms with Crippen LogP contribution in [0.3, 0.4) is 0 Å². The zero-order chi connectivity index (χ0) is 15.8. The summed E-state index contributed by atoms with van der Waals surface area (Å²) < 4.78 is 31.5. The molecule has 1 heterocycles. The second kappa shape index (κ2) is 8.17. The Hall–Kier alpha value is -2.37. The van der Waals surface area contributed by atoms with Gasteiger partial charge in [-0.2, -0.15) is 0 Å². The zero-order valence-electron chi connectivity index (χ0n) is 12.4. The fraction of sp³-hybridized carbons (Fsp3) is 0.312. The molecule has 1 aromatic carbocycles. The SMILES string of the molecule is CN=C(NCCc1ccco1)NCCc1ccc(F)cc1F. The van der Waals surface area contributed by atoms with Gasteiger partial charge in [0.2, 0.25) is 0 Å². The number of aliphatic imine (C=N–C) groups is 1. The van der Waals surface area contributed by atoms with Crippen LogP contribution in [-0.4, -0.2) is 26.1 Å². The zero-order valence-corrected chi connectivity index (χ0v) is 12.4. The highest BCUT2D eigenvalue weighted by atomic mass is 19.1. The molecule has 0 atom stereocenters. The van der Waals surface area contributed by atoms with Crippen molar-refractivity contribution in [2.45, 2.75) is 12.8 Å². The lowest BCUT2D eigenvalue weighted by Crippen LogP contribution is -2.39. The molecule has 0 bridgehead atoms. The molecular weight excluding hydrogens is 288 g/mol. The van der Waals surface area contributed by atoms with Crippen molar-refractivity contribution < 1.29 is 13.2 Å². The number of hydrogen-bond acceptors (Lipinski definition) is 2. The van der Waals surface area contributed by atoms with Crippen molar-refractivity contribution >= 4 is 5.96 Å². The van der Waals surface area contributed by atoms with Gasteiger partial charge in [-0.05, 0) is 30.2 Å². The minimum atomic E-state index is -0.565. The van der Waals surface area contributed by atoms with Crippen LogP contribution in [0.2, 0.25) is 0 Å². The molecule has 118 valence electrons. The molecule has 6 heteroatoms. The minimum absolute atomic E-state index is 0.449. The molecule has 0 unspecified atom stereocenters. The first kappa shape index (κ1) is 16.0. The summed E-state index contributed by atoms with van der Waals surface area (Å²) in [5.74, 6) is 0.442. The number of hydrogen-bond donors (Lipinski definition) is 2. The first-order valence-electron chi connectivity index (χ1n) is 7.10. The summed E-state index contributed by atoms with van der Waals surface area (Å²) in [4.78, 5) is 4.08. The van der Waals surface area contributed by atoms with Crippen LogP contribution in [-0.2, 0) is 12.8 Å². The maximum atomic E-state index is 13.5. The van der Waals surface area contributed by atoms with E-state index < -0.39 is 11.6 Å². The number of guanidine groups is 1. The largest absolute Gasteiger partial charge is 0.469 e. The summed E-state index contributed by atoms with van der Waals surface area (Å²) in [7, 11) is 1.67. The van der Waals surface area contributed by atoms with Crippen LogP contribution in [0.25, 0.3) is 0 Å². The molecule has 0 amide bonds. The monoisotopic (exact) mass is 307 g/mol. The van der Waals surface area contributed by atoms with E-state index in [0.717, 1.165) is 18.2 Å². The normalized spacial score (nSPS) is 11.5. The second-order valence-electron chi connectivity index (χ2n) is 4.74. The third kappa shape index (κ3) is 4.87. The summed E-state index contributed by atoms with van der Waals surface area (Å²) in [5.41, 5.74) is 0.472. The fourth-order valence-corrected chi connectivity index (χ4v) is 2.02. The molecule has 0 radical (unpaired) electrons. The van der Waals surface area contributed by atoms with Gasteiger partial charge in [0.05, 0.1) is 6.26 Å². The Bertz CT molecular complexity index is 612. The van der Waals surface area contributed by atoms with Crippen molar-refractivity contribution in [3.8, 4) is 0 Å². The number of rotatable bonds is 6. The molecule has 4 nitrogen and oxygen atoms in total. The van der Waals surface area contributed by atoms with Gasteiger partial charge in [0, 0.05) is 32.6 Å². The van der Waals surface area contributed by atoms with Gasteiger partial charge in [-0.3, -0.25) is 4.99 Å². The van der Waals surface area contributed by atoms with E-state index in [1.165, 1.54) is 12.1 Å². The van der Waals surface area contributed by atoms with Crippen molar-refractivity contribution in [1.29, 1.82) is 0 Å². The summed E-state index contributed by atoms with van der Waals surface area (Å²) in [6, 6.07) is 7.37. The topological polar surface area (TPSA) is 49.6 Å². The predicted octanol–water partition coefficient (Wildman–Crippen LogP) is 2.51. The van der Waals surface area contributed by atoms with Gasteiger partial charge in [-0.25, -0.2) is 8.78 Å². The number of benzene rings is 1.